The fraction of sp³-hybridized carbons (Fsp3) is 0.211. The van der Waals surface area contributed by atoms with E-state index in [1.165, 1.54) is 37.3 Å². The molecule has 0 heterocycles. The molecule has 0 aliphatic rings. The highest BCUT2D eigenvalue weighted by Gasteiger charge is 2.31. The van der Waals surface area contributed by atoms with Crippen molar-refractivity contribution in [2.24, 2.45) is 0 Å². The molecular formula is C19H17F3N2O4. The SMILES string of the molecule is CC(=O)Nc1ccccc1C(=O)N[C@H](Cc1cccc(C(F)(F)F)c1)C(=O)O. The molecule has 2 amide bonds. The third-order valence-electron chi connectivity index (χ3n) is 3.78. The van der Waals surface area contributed by atoms with E-state index in [-0.39, 0.29) is 23.2 Å². The second-order valence-corrected chi connectivity index (χ2v) is 5.99. The number of carbonyl (C=O) groups is 3. The number of nitrogens with one attached hydrogen (secondary N) is 2. The van der Waals surface area contributed by atoms with Crippen LogP contribution in [0.5, 0.6) is 0 Å². The Kier molecular flexibility index (Phi) is 6.40. The number of aliphatic carboxylic acids is 1. The van der Waals surface area contributed by atoms with E-state index in [4.69, 9.17) is 0 Å². The first-order valence-electron chi connectivity index (χ1n) is 8.14. The van der Waals surface area contributed by atoms with E-state index in [1.54, 1.807) is 6.07 Å². The van der Waals surface area contributed by atoms with Crippen LogP contribution in [0, 0.1) is 0 Å². The minimum absolute atomic E-state index is 0.0352. The van der Waals surface area contributed by atoms with Crippen LogP contribution in [0.1, 0.15) is 28.4 Å². The van der Waals surface area contributed by atoms with Crippen molar-refractivity contribution in [3.05, 3.63) is 65.2 Å². The Morgan fingerprint density at radius 1 is 1.07 bits per heavy atom. The highest BCUT2D eigenvalue weighted by molar-refractivity contribution is 6.04. The quantitative estimate of drug-likeness (QED) is 0.702. The first kappa shape index (κ1) is 20.9. The number of benzene rings is 2. The Morgan fingerprint density at radius 2 is 1.75 bits per heavy atom. The molecule has 3 N–H and O–H groups in total. The molecule has 0 saturated heterocycles. The molecular weight excluding hydrogens is 377 g/mol. The van der Waals surface area contributed by atoms with Gasteiger partial charge in [0.05, 0.1) is 16.8 Å². The predicted molar refractivity (Wildman–Crippen MR) is 94.8 cm³/mol. The van der Waals surface area contributed by atoms with Crippen molar-refractivity contribution in [3.63, 3.8) is 0 Å². The summed E-state index contributed by atoms with van der Waals surface area (Å²) in [5.41, 5.74) is -0.571. The number of hydrogen-bond acceptors (Lipinski definition) is 3. The van der Waals surface area contributed by atoms with Gasteiger partial charge in [-0.15, -0.1) is 0 Å². The summed E-state index contributed by atoms with van der Waals surface area (Å²) >= 11 is 0. The van der Waals surface area contributed by atoms with Gasteiger partial charge in [0.15, 0.2) is 0 Å². The molecule has 28 heavy (non-hydrogen) atoms. The third kappa shape index (κ3) is 5.57. The van der Waals surface area contributed by atoms with Gasteiger partial charge in [-0.05, 0) is 23.8 Å². The molecule has 0 fully saturated rings. The summed E-state index contributed by atoms with van der Waals surface area (Å²) in [6.07, 6.45) is -4.90. The number of carboxylic acid groups (broad SMARTS) is 1. The Bertz CT molecular complexity index is 897. The minimum atomic E-state index is -4.56. The second kappa shape index (κ2) is 8.55. The van der Waals surface area contributed by atoms with Crippen LogP contribution in [0.25, 0.3) is 0 Å². The number of rotatable bonds is 6. The van der Waals surface area contributed by atoms with E-state index in [0.717, 1.165) is 12.1 Å². The molecule has 148 valence electrons. The van der Waals surface area contributed by atoms with E-state index in [1.807, 2.05) is 0 Å². The number of halogens is 3. The Morgan fingerprint density at radius 3 is 2.36 bits per heavy atom. The van der Waals surface area contributed by atoms with Gasteiger partial charge in [0.25, 0.3) is 5.91 Å². The van der Waals surface area contributed by atoms with E-state index >= 15 is 0 Å². The third-order valence-corrected chi connectivity index (χ3v) is 3.78. The van der Waals surface area contributed by atoms with Crippen molar-refractivity contribution in [2.45, 2.75) is 25.6 Å². The molecule has 0 aromatic heterocycles. The molecule has 2 aromatic rings. The molecule has 2 aromatic carbocycles. The lowest BCUT2D eigenvalue weighted by atomic mass is 10.0. The average Bonchev–Trinajstić information content (AvgIpc) is 2.60. The standard InChI is InChI=1S/C19H17F3N2O4/c1-11(25)23-15-8-3-2-7-14(15)17(26)24-16(18(27)28)10-12-5-4-6-13(9-12)19(20,21)22/h2-9,16H,10H2,1H3,(H,23,25)(H,24,26)(H,27,28)/t16-/m1/s1. The number of para-hydroxylation sites is 1. The molecule has 0 saturated carbocycles. The van der Waals surface area contributed by atoms with Crippen LogP contribution in [0.3, 0.4) is 0 Å². The normalized spacial score (nSPS) is 12.1. The van der Waals surface area contributed by atoms with Crippen LogP contribution in [0.4, 0.5) is 18.9 Å². The van der Waals surface area contributed by atoms with Gasteiger partial charge in [0, 0.05) is 13.3 Å². The maximum Gasteiger partial charge on any atom is 0.416 e. The van der Waals surface area contributed by atoms with Gasteiger partial charge in [0.2, 0.25) is 5.91 Å². The molecule has 2 rings (SSSR count). The van der Waals surface area contributed by atoms with Gasteiger partial charge in [-0.2, -0.15) is 13.2 Å². The number of alkyl halides is 3. The summed E-state index contributed by atoms with van der Waals surface area (Å²) in [5.74, 6) is -2.59. The van der Waals surface area contributed by atoms with Gasteiger partial charge >= 0.3 is 12.1 Å². The first-order chi connectivity index (χ1) is 13.1. The lowest BCUT2D eigenvalue weighted by Crippen LogP contribution is -2.42. The number of carboxylic acids is 1. The molecule has 0 bridgehead atoms. The Balaban J connectivity index is 2.22. The molecule has 0 unspecified atom stereocenters. The molecule has 6 nitrogen and oxygen atoms in total. The molecule has 0 aliphatic heterocycles. The van der Waals surface area contributed by atoms with Crippen molar-refractivity contribution in [1.29, 1.82) is 0 Å². The topological polar surface area (TPSA) is 95.5 Å². The summed E-state index contributed by atoms with van der Waals surface area (Å²) in [7, 11) is 0. The maximum atomic E-state index is 12.8. The maximum absolute atomic E-state index is 12.8. The van der Waals surface area contributed by atoms with Gasteiger partial charge in [-0.1, -0.05) is 30.3 Å². The van der Waals surface area contributed by atoms with Gasteiger partial charge in [0.1, 0.15) is 6.04 Å². The monoisotopic (exact) mass is 394 g/mol. The Labute approximate surface area is 158 Å². The number of hydrogen-bond donors (Lipinski definition) is 3. The van der Waals surface area contributed by atoms with E-state index < -0.39 is 35.6 Å². The van der Waals surface area contributed by atoms with Crippen molar-refractivity contribution in [2.75, 3.05) is 5.32 Å². The van der Waals surface area contributed by atoms with Crippen LogP contribution in [0.2, 0.25) is 0 Å². The van der Waals surface area contributed by atoms with Crippen LogP contribution in [-0.2, 0) is 22.2 Å². The summed E-state index contributed by atoms with van der Waals surface area (Å²) in [5, 5.41) is 14.1. The summed E-state index contributed by atoms with van der Waals surface area (Å²) < 4.78 is 38.5. The lowest BCUT2D eigenvalue weighted by Gasteiger charge is -2.17. The summed E-state index contributed by atoms with van der Waals surface area (Å²) in [4.78, 5) is 35.2. The smallest absolute Gasteiger partial charge is 0.416 e. The van der Waals surface area contributed by atoms with Crippen molar-refractivity contribution in [3.8, 4) is 0 Å². The number of amides is 2. The highest BCUT2D eigenvalue weighted by Crippen LogP contribution is 2.29. The van der Waals surface area contributed by atoms with Crippen LogP contribution >= 0.6 is 0 Å². The van der Waals surface area contributed by atoms with Gasteiger partial charge in [-0.3, -0.25) is 9.59 Å². The second-order valence-electron chi connectivity index (χ2n) is 5.99. The van der Waals surface area contributed by atoms with Crippen LogP contribution in [0.15, 0.2) is 48.5 Å². The summed E-state index contributed by atoms with van der Waals surface area (Å²) in [6, 6.07) is 8.76. The molecule has 0 spiro atoms. The fourth-order valence-corrected chi connectivity index (χ4v) is 2.53. The van der Waals surface area contributed by atoms with Crippen LogP contribution < -0.4 is 10.6 Å². The van der Waals surface area contributed by atoms with Crippen molar-refractivity contribution < 1.29 is 32.7 Å². The van der Waals surface area contributed by atoms with Crippen LogP contribution in [-0.4, -0.2) is 28.9 Å². The largest absolute Gasteiger partial charge is 0.480 e. The first-order valence-corrected chi connectivity index (χ1v) is 8.14. The number of anilines is 1. The zero-order valence-corrected chi connectivity index (χ0v) is 14.7. The zero-order chi connectivity index (χ0) is 20.9. The average molecular weight is 394 g/mol. The molecule has 9 heteroatoms. The lowest BCUT2D eigenvalue weighted by molar-refractivity contribution is -0.139. The van der Waals surface area contributed by atoms with Crippen molar-refractivity contribution in [1.82, 2.24) is 5.32 Å². The minimum Gasteiger partial charge on any atom is -0.480 e. The highest BCUT2D eigenvalue weighted by atomic mass is 19.4. The van der Waals surface area contributed by atoms with E-state index in [9.17, 15) is 32.7 Å². The van der Waals surface area contributed by atoms with E-state index in [2.05, 4.69) is 10.6 Å². The Hall–Kier alpha value is -3.36. The fourth-order valence-electron chi connectivity index (χ4n) is 2.53. The predicted octanol–water partition coefficient (Wildman–Crippen LogP) is 3.09. The van der Waals surface area contributed by atoms with Gasteiger partial charge in [-0.25, -0.2) is 4.79 Å². The van der Waals surface area contributed by atoms with Crippen molar-refractivity contribution >= 4 is 23.5 Å². The van der Waals surface area contributed by atoms with Gasteiger partial charge < -0.3 is 15.7 Å². The van der Waals surface area contributed by atoms with E-state index in [0.29, 0.717) is 0 Å². The number of carbonyl (C=O) groups excluding carboxylic acids is 2. The molecule has 0 radical (unpaired) electrons. The summed E-state index contributed by atoms with van der Waals surface area (Å²) in [6.45, 7) is 1.25. The molecule has 1 atom stereocenters. The molecule has 0 aliphatic carbocycles. The zero-order valence-electron chi connectivity index (χ0n) is 14.7.